The minimum absolute atomic E-state index is 0. The maximum atomic E-state index is 10.8. The lowest BCUT2D eigenvalue weighted by Gasteiger charge is -2.17. The van der Waals surface area contributed by atoms with Gasteiger partial charge in [0, 0.05) is 5.92 Å². The summed E-state index contributed by atoms with van der Waals surface area (Å²) >= 11 is 0. The summed E-state index contributed by atoms with van der Waals surface area (Å²) in [5.41, 5.74) is 0. The van der Waals surface area contributed by atoms with Crippen LogP contribution in [0.25, 0.3) is 0 Å². The Morgan fingerprint density at radius 2 is 1.70 bits per heavy atom. The average molecular weight is 142 g/mol. The molecule has 1 aliphatic rings. The predicted molar refractivity (Wildman–Crippen MR) is 44.0 cm³/mol. The molecule has 0 unspecified atom stereocenters. The third-order valence-corrected chi connectivity index (χ3v) is 2.18. The zero-order valence-corrected chi connectivity index (χ0v) is 6.02. The molecule has 0 heterocycles. The van der Waals surface area contributed by atoms with Crippen LogP contribution in [-0.4, -0.2) is 5.78 Å². The molecule has 0 aromatic carbocycles. The standard InChI is InChI=1S/C8H14O.CH4/c1-7(9)8-5-3-2-4-6-8;/h8H,2-6H2,1H3;1H4. The van der Waals surface area contributed by atoms with Crippen molar-refractivity contribution in [2.45, 2.75) is 46.5 Å². The van der Waals surface area contributed by atoms with Gasteiger partial charge in [0.2, 0.25) is 0 Å². The summed E-state index contributed by atoms with van der Waals surface area (Å²) in [6.07, 6.45) is 6.17. The van der Waals surface area contributed by atoms with E-state index in [0.717, 1.165) is 12.8 Å². The Balaban J connectivity index is 0.000000810. The van der Waals surface area contributed by atoms with Gasteiger partial charge in [-0.2, -0.15) is 0 Å². The Labute approximate surface area is 63.8 Å². The maximum absolute atomic E-state index is 10.8. The molecule has 0 atom stereocenters. The fraction of sp³-hybridized carbons (Fsp3) is 0.889. The molecule has 60 valence electrons. The summed E-state index contributed by atoms with van der Waals surface area (Å²) in [5.74, 6) is 0.813. The first-order chi connectivity index (χ1) is 4.30. The van der Waals surface area contributed by atoms with Gasteiger partial charge in [0.1, 0.15) is 5.78 Å². The van der Waals surface area contributed by atoms with Gasteiger partial charge in [-0.05, 0) is 19.8 Å². The predicted octanol–water partition coefficient (Wildman–Crippen LogP) is 2.79. The van der Waals surface area contributed by atoms with Crippen LogP contribution < -0.4 is 0 Å². The van der Waals surface area contributed by atoms with Gasteiger partial charge >= 0.3 is 0 Å². The minimum Gasteiger partial charge on any atom is -0.300 e. The summed E-state index contributed by atoms with van der Waals surface area (Å²) in [7, 11) is 0. The molecule has 0 amide bonds. The summed E-state index contributed by atoms with van der Waals surface area (Å²) in [5, 5.41) is 0. The number of ketones is 1. The van der Waals surface area contributed by atoms with Gasteiger partial charge in [-0.1, -0.05) is 26.7 Å². The van der Waals surface area contributed by atoms with Crippen LogP contribution in [0.1, 0.15) is 46.5 Å². The lowest BCUT2D eigenvalue weighted by atomic mass is 9.87. The molecule has 0 N–H and O–H groups in total. The molecule has 0 aromatic rings. The van der Waals surface area contributed by atoms with Crippen molar-refractivity contribution in [1.82, 2.24) is 0 Å². The largest absolute Gasteiger partial charge is 0.300 e. The lowest BCUT2D eigenvalue weighted by Crippen LogP contribution is -2.13. The fourth-order valence-corrected chi connectivity index (χ4v) is 1.51. The summed E-state index contributed by atoms with van der Waals surface area (Å²) in [6, 6.07) is 0. The van der Waals surface area contributed by atoms with Crippen LogP contribution >= 0.6 is 0 Å². The molecular weight excluding hydrogens is 124 g/mol. The highest BCUT2D eigenvalue weighted by atomic mass is 16.1. The molecule has 1 rings (SSSR count). The molecule has 1 nitrogen and oxygen atoms in total. The van der Waals surface area contributed by atoms with Crippen molar-refractivity contribution in [3.05, 3.63) is 0 Å². The van der Waals surface area contributed by atoms with Crippen LogP contribution in [0.2, 0.25) is 0 Å². The number of hydrogen-bond donors (Lipinski definition) is 0. The van der Waals surface area contributed by atoms with E-state index in [0.29, 0.717) is 11.7 Å². The molecule has 1 saturated carbocycles. The van der Waals surface area contributed by atoms with E-state index in [9.17, 15) is 4.79 Å². The quantitative estimate of drug-likeness (QED) is 0.550. The Hall–Kier alpha value is -0.330. The van der Waals surface area contributed by atoms with E-state index in [1.54, 1.807) is 6.92 Å². The number of hydrogen-bond acceptors (Lipinski definition) is 1. The molecular formula is C9H18O. The highest BCUT2D eigenvalue weighted by molar-refractivity contribution is 5.78. The van der Waals surface area contributed by atoms with Gasteiger partial charge in [0.05, 0.1) is 0 Å². The number of Topliss-reactive ketones (excluding diaryl/α,β-unsaturated/α-hetero) is 1. The summed E-state index contributed by atoms with van der Waals surface area (Å²) < 4.78 is 0. The highest BCUT2D eigenvalue weighted by Gasteiger charge is 2.16. The third-order valence-electron chi connectivity index (χ3n) is 2.18. The van der Waals surface area contributed by atoms with Crippen LogP contribution in [0.15, 0.2) is 0 Å². The Bertz CT molecular complexity index is 101. The maximum Gasteiger partial charge on any atom is 0.132 e. The second kappa shape index (κ2) is 4.48. The SMILES string of the molecule is C.CC(=O)C1CCCCC1. The van der Waals surface area contributed by atoms with Crippen molar-refractivity contribution >= 4 is 5.78 Å². The topological polar surface area (TPSA) is 17.1 Å². The zero-order chi connectivity index (χ0) is 6.69. The average Bonchev–Trinajstić information content (AvgIpc) is 1.90. The molecule has 1 fully saturated rings. The molecule has 0 spiro atoms. The molecule has 0 bridgehead atoms. The Morgan fingerprint density at radius 3 is 2.00 bits per heavy atom. The van der Waals surface area contributed by atoms with Gasteiger partial charge in [-0.25, -0.2) is 0 Å². The third kappa shape index (κ3) is 2.51. The van der Waals surface area contributed by atoms with Gasteiger partial charge < -0.3 is 0 Å². The van der Waals surface area contributed by atoms with E-state index >= 15 is 0 Å². The molecule has 1 aliphatic carbocycles. The van der Waals surface area contributed by atoms with Crippen LogP contribution in [0, 0.1) is 5.92 Å². The van der Waals surface area contributed by atoms with Crippen molar-refractivity contribution in [3.8, 4) is 0 Å². The molecule has 0 radical (unpaired) electrons. The molecule has 1 heteroatoms. The molecule has 0 aromatic heterocycles. The van der Waals surface area contributed by atoms with Crippen molar-refractivity contribution in [2.24, 2.45) is 5.92 Å². The van der Waals surface area contributed by atoms with Crippen LogP contribution in [-0.2, 0) is 4.79 Å². The van der Waals surface area contributed by atoms with E-state index < -0.39 is 0 Å². The Morgan fingerprint density at radius 1 is 1.20 bits per heavy atom. The number of rotatable bonds is 1. The van der Waals surface area contributed by atoms with E-state index in [2.05, 4.69) is 0 Å². The Kier molecular flexibility index (Phi) is 4.33. The number of carbonyl (C=O) groups excluding carboxylic acids is 1. The van der Waals surface area contributed by atoms with Crippen molar-refractivity contribution in [2.75, 3.05) is 0 Å². The summed E-state index contributed by atoms with van der Waals surface area (Å²) in [4.78, 5) is 10.8. The van der Waals surface area contributed by atoms with Crippen LogP contribution in [0.4, 0.5) is 0 Å². The molecule has 0 saturated heterocycles. The van der Waals surface area contributed by atoms with E-state index in [-0.39, 0.29) is 7.43 Å². The first-order valence-corrected chi connectivity index (χ1v) is 3.81. The number of carbonyl (C=O) groups is 1. The highest BCUT2D eigenvalue weighted by Crippen LogP contribution is 2.23. The van der Waals surface area contributed by atoms with Crippen LogP contribution in [0.3, 0.4) is 0 Å². The smallest absolute Gasteiger partial charge is 0.132 e. The monoisotopic (exact) mass is 142 g/mol. The molecule has 10 heavy (non-hydrogen) atoms. The van der Waals surface area contributed by atoms with E-state index in [4.69, 9.17) is 0 Å². The zero-order valence-electron chi connectivity index (χ0n) is 6.02. The first-order valence-electron chi connectivity index (χ1n) is 3.81. The van der Waals surface area contributed by atoms with E-state index in [1.807, 2.05) is 0 Å². The van der Waals surface area contributed by atoms with Crippen molar-refractivity contribution < 1.29 is 4.79 Å². The fourth-order valence-electron chi connectivity index (χ4n) is 1.51. The normalized spacial score (nSPS) is 19.7. The second-order valence-corrected chi connectivity index (χ2v) is 2.95. The lowest BCUT2D eigenvalue weighted by molar-refractivity contribution is -0.121. The molecule has 0 aliphatic heterocycles. The summed E-state index contributed by atoms with van der Waals surface area (Å²) in [6.45, 7) is 1.72. The van der Waals surface area contributed by atoms with E-state index in [1.165, 1.54) is 19.3 Å². The van der Waals surface area contributed by atoms with Crippen LogP contribution in [0.5, 0.6) is 0 Å². The van der Waals surface area contributed by atoms with Gasteiger partial charge in [-0.3, -0.25) is 4.79 Å². The van der Waals surface area contributed by atoms with Gasteiger partial charge in [0.15, 0.2) is 0 Å². The minimum atomic E-state index is 0. The van der Waals surface area contributed by atoms with Crippen molar-refractivity contribution in [3.63, 3.8) is 0 Å². The first kappa shape index (κ1) is 9.67. The second-order valence-electron chi connectivity index (χ2n) is 2.95. The van der Waals surface area contributed by atoms with Gasteiger partial charge in [-0.15, -0.1) is 0 Å². The van der Waals surface area contributed by atoms with Gasteiger partial charge in [0.25, 0.3) is 0 Å². The van der Waals surface area contributed by atoms with Crippen molar-refractivity contribution in [1.29, 1.82) is 0 Å².